The van der Waals surface area contributed by atoms with E-state index in [1.165, 1.54) is 0 Å². The third-order valence-electron chi connectivity index (χ3n) is 4.38. The number of hydrogen-bond acceptors (Lipinski definition) is 5. The quantitative estimate of drug-likeness (QED) is 0.743. The van der Waals surface area contributed by atoms with E-state index in [4.69, 9.17) is 16.3 Å². The predicted molar refractivity (Wildman–Crippen MR) is 97.8 cm³/mol. The van der Waals surface area contributed by atoms with Gasteiger partial charge in [-0.3, -0.25) is 4.79 Å². The summed E-state index contributed by atoms with van der Waals surface area (Å²) in [7, 11) is 0. The Morgan fingerprint density at radius 2 is 2.04 bits per heavy atom. The van der Waals surface area contributed by atoms with E-state index in [0.717, 1.165) is 28.8 Å². The van der Waals surface area contributed by atoms with E-state index >= 15 is 0 Å². The molecule has 3 heterocycles. The van der Waals surface area contributed by atoms with Crippen molar-refractivity contribution in [1.82, 2.24) is 14.9 Å². The van der Waals surface area contributed by atoms with Gasteiger partial charge >= 0.3 is 0 Å². The molecule has 0 bridgehead atoms. The van der Waals surface area contributed by atoms with Crippen molar-refractivity contribution in [2.75, 3.05) is 31.2 Å². The normalized spacial score (nSPS) is 16.9. The molecule has 0 aliphatic carbocycles. The Bertz CT molecular complexity index is 826. The largest absolute Gasteiger partial charge is 0.378 e. The van der Waals surface area contributed by atoms with E-state index in [1.807, 2.05) is 12.3 Å². The number of nitrogens with zero attached hydrogens (tertiary/aromatic N) is 4. The lowest BCUT2D eigenvalue weighted by molar-refractivity contribution is 0.0750. The maximum atomic E-state index is 12.8. The Labute approximate surface area is 158 Å². The van der Waals surface area contributed by atoms with Gasteiger partial charge in [0.1, 0.15) is 0 Å². The third kappa shape index (κ3) is 3.36. The van der Waals surface area contributed by atoms with Crippen LogP contribution in [0.25, 0.3) is 0 Å². The maximum Gasteiger partial charge on any atom is 0.256 e. The number of carbonyl (C=O) groups is 1. The van der Waals surface area contributed by atoms with Gasteiger partial charge in [-0.25, -0.2) is 9.97 Å². The molecule has 1 saturated heterocycles. The van der Waals surface area contributed by atoms with E-state index in [0.29, 0.717) is 42.8 Å². The molecule has 4 rings (SSSR count). The zero-order valence-electron chi connectivity index (χ0n) is 13.4. The van der Waals surface area contributed by atoms with Crippen LogP contribution in [-0.2, 0) is 17.8 Å². The highest BCUT2D eigenvalue weighted by Crippen LogP contribution is 2.28. The average Bonchev–Trinajstić information content (AvgIpc) is 3.07. The number of hydrogen-bond donors (Lipinski definition) is 0. The molecule has 6 nitrogen and oxygen atoms in total. The summed E-state index contributed by atoms with van der Waals surface area (Å²) in [5.41, 5.74) is 2.37. The summed E-state index contributed by atoms with van der Waals surface area (Å²) in [6.07, 6.45) is 1.82. The molecule has 0 saturated carbocycles. The van der Waals surface area contributed by atoms with Gasteiger partial charge in [0.05, 0.1) is 36.0 Å². The lowest BCUT2D eigenvalue weighted by Crippen LogP contribution is -2.37. The van der Waals surface area contributed by atoms with Crippen molar-refractivity contribution in [3.8, 4) is 0 Å². The second-order valence-corrected chi connectivity index (χ2v) is 7.35. The highest BCUT2D eigenvalue weighted by Gasteiger charge is 2.28. The Morgan fingerprint density at radius 1 is 1.24 bits per heavy atom. The van der Waals surface area contributed by atoms with Gasteiger partial charge in [-0.15, -0.1) is 0 Å². The third-order valence-corrected chi connectivity index (χ3v) is 5.21. The van der Waals surface area contributed by atoms with Gasteiger partial charge in [-0.1, -0.05) is 27.5 Å². The van der Waals surface area contributed by atoms with Crippen LogP contribution in [0.5, 0.6) is 0 Å². The number of anilines is 1. The number of aromatic nitrogens is 2. The van der Waals surface area contributed by atoms with Crippen molar-refractivity contribution in [3.05, 3.63) is 50.7 Å². The van der Waals surface area contributed by atoms with E-state index in [1.54, 1.807) is 17.0 Å². The second kappa shape index (κ2) is 6.90. The van der Waals surface area contributed by atoms with E-state index in [-0.39, 0.29) is 5.91 Å². The molecular weight excluding hydrogens is 408 g/mol. The van der Waals surface area contributed by atoms with Crippen molar-refractivity contribution >= 4 is 39.4 Å². The number of rotatable bonds is 2. The molecule has 0 spiro atoms. The fourth-order valence-electron chi connectivity index (χ4n) is 3.03. The van der Waals surface area contributed by atoms with Crippen LogP contribution in [0.1, 0.15) is 21.6 Å². The summed E-state index contributed by atoms with van der Waals surface area (Å²) in [6.45, 7) is 3.92. The molecule has 0 unspecified atom stereocenters. The minimum atomic E-state index is -0.0998. The van der Waals surface area contributed by atoms with Gasteiger partial charge in [-0.05, 0) is 18.2 Å². The number of halogens is 2. The van der Waals surface area contributed by atoms with Crippen LogP contribution in [0.2, 0.25) is 5.02 Å². The monoisotopic (exact) mass is 422 g/mol. The maximum absolute atomic E-state index is 12.8. The number of benzene rings is 1. The van der Waals surface area contributed by atoms with Crippen LogP contribution in [0.4, 0.5) is 5.95 Å². The molecule has 25 heavy (non-hydrogen) atoms. The number of amides is 1. The van der Waals surface area contributed by atoms with E-state index in [2.05, 4.69) is 30.8 Å². The zero-order chi connectivity index (χ0) is 17.4. The Hall–Kier alpha value is -1.70. The van der Waals surface area contributed by atoms with Gasteiger partial charge in [0.15, 0.2) is 0 Å². The summed E-state index contributed by atoms with van der Waals surface area (Å²) in [4.78, 5) is 25.8. The Balaban J connectivity index is 1.54. The summed E-state index contributed by atoms with van der Waals surface area (Å²) >= 11 is 9.58. The highest BCUT2D eigenvalue weighted by atomic mass is 79.9. The van der Waals surface area contributed by atoms with Crippen molar-refractivity contribution in [1.29, 1.82) is 0 Å². The molecule has 1 fully saturated rings. The molecule has 1 amide bonds. The van der Waals surface area contributed by atoms with Crippen molar-refractivity contribution in [3.63, 3.8) is 0 Å². The van der Waals surface area contributed by atoms with Crippen LogP contribution in [0.15, 0.2) is 28.9 Å². The van der Waals surface area contributed by atoms with Crippen LogP contribution in [0, 0.1) is 0 Å². The van der Waals surface area contributed by atoms with Gasteiger partial charge in [0.25, 0.3) is 5.91 Å². The highest BCUT2D eigenvalue weighted by molar-refractivity contribution is 9.10. The summed E-state index contributed by atoms with van der Waals surface area (Å²) in [5.74, 6) is 0.606. The second-order valence-electron chi connectivity index (χ2n) is 6.03. The van der Waals surface area contributed by atoms with E-state index < -0.39 is 0 Å². The molecule has 2 aliphatic heterocycles. The summed E-state index contributed by atoms with van der Waals surface area (Å²) in [6, 6.07) is 5.29. The molecule has 2 aliphatic rings. The first-order valence-electron chi connectivity index (χ1n) is 8.03. The van der Waals surface area contributed by atoms with Crippen LogP contribution in [0.3, 0.4) is 0 Å². The standard InChI is InChI=1S/C17H16BrClN4O2/c18-12-1-2-14(19)13(7-12)16(24)23-9-11-8-20-17(21-15(11)10-23)22-3-5-25-6-4-22/h1-2,7-8H,3-6,9-10H2. The molecule has 0 atom stereocenters. The molecule has 1 aromatic carbocycles. The average molecular weight is 424 g/mol. The Morgan fingerprint density at radius 3 is 2.84 bits per heavy atom. The molecule has 0 radical (unpaired) electrons. The smallest absolute Gasteiger partial charge is 0.256 e. The van der Waals surface area contributed by atoms with Gasteiger partial charge in [0.2, 0.25) is 5.95 Å². The fraction of sp³-hybridized carbons (Fsp3) is 0.353. The molecule has 0 N–H and O–H groups in total. The van der Waals surface area contributed by atoms with E-state index in [9.17, 15) is 4.79 Å². The van der Waals surface area contributed by atoms with Crippen molar-refractivity contribution < 1.29 is 9.53 Å². The summed E-state index contributed by atoms with van der Waals surface area (Å²) in [5, 5.41) is 0.448. The van der Waals surface area contributed by atoms with Crippen LogP contribution < -0.4 is 4.90 Å². The zero-order valence-corrected chi connectivity index (χ0v) is 15.8. The first-order valence-corrected chi connectivity index (χ1v) is 9.21. The first-order chi connectivity index (χ1) is 12.1. The first kappa shape index (κ1) is 16.8. The molecule has 1 aromatic heterocycles. The molecule has 2 aromatic rings. The number of ether oxygens (including phenoxy) is 1. The number of fused-ring (bicyclic) bond motifs is 1. The predicted octanol–water partition coefficient (Wildman–Crippen LogP) is 2.89. The molecular formula is C17H16BrClN4O2. The molecule has 130 valence electrons. The number of carbonyl (C=O) groups excluding carboxylic acids is 1. The van der Waals surface area contributed by atoms with Crippen molar-refractivity contribution in [2.24, 2.45) is 0 Å². The van der Waals surface area contributed by atoms with Crippen LogP contribution in [-0.4, -0.2) is 47.1 Å². The fourth-order valence-corrected chi connectivity index (χ4v) is 3.59. The van der Waals surface area contributed by atoms with Crippen LogP contribution >= 0.6 is 27.5 Å². The SMILES string of the molecule is O=C(c1cc(Br)ccc1Cl)N1Cc2cnc(N3CCOCC3)nc2C1. The van der Waals surface area contributed by atoms with Crippen molar-refractivity contribution in [2.45, 2.75) is 13.1 Å². The minimum absolute atomic E-state index is 0.0998. The van der Waals surface area contributed by atoms with Gasteiger partial charge in [0, 0.05) is 35.9 Å². The lowest BCUT2D eigenvalue weighted by atomic mass is 10.2. The minimum Gasteiger partial charge on any atom is -0.378 e. The van der Waals surface area contributed by atoms with Gasteiger partial charge < -0.3 is 14.5 Å². The summed E-state index contributed by atoms with van der Waals surface area (Å²) < 4.78 is 6.19. The Kier molecular flexibility index (Phi) is 4.62. The van der Waals surface area contributed by atoms with Gasteiger partial charge in [-0.2, -0.15) is 0 Å². The molecule has 8 heteroatoms. The number of morpholine rings is 1. The lowest BCUT2D eigenvalue weighted by Gasteiger charge is -2.26. The topological polar surface area (TPSA) is 58.6 Å².